The van der Waals surface area contributed by atoms with Crippen molar-refractivity contribution in [3.63, 3.8) is 0 Å². The fourth-order valence-electron chi connectivity index (χ4n) is 3.03. The van der Waals surface area contributed by atoms with E-state index in [0.29, 0.717) is 0 Å². The maximum Gasteiger partial charge on any atom is 0.247 e. The summed E-state index contributed by atoms with van der Waals surface area (Å²) in [5, 5.41) is 8.43. The van der Waals surface area contributed by atoms with Crippen molar-refractivity contribution in [1.29, 1.82) is 0 Å². The van der Waals surface area contributed by atoms with Crippen LogP contribution < -0.4 is 0 Å². The average Bonchev–Trinajstić information content (AvgIpc) is 3.18. The summed E-state index contributed by atoms with van der Waals surface area (Å²) in [6.45, 7) is 5.47. The lowest BCUT2D eigenvalue weighted by Crippen LogP contribution is -2.48. The second kappa shape index (κ2) is 6.29. The third-order valence-corrected chi connectivity index (χ3v) is 4.26. The van der Waals surface area contributed by atoms with Crippen LogP contribution >= 0.6 is 0 Å². The molecule has 1 aliphatic rings. The van der Waals surface area contributed by atoms with Crippen LogP contribution in [0.3, 0.4) is 0 Å². The summed E-state index contributed by atoms with van der Waals surface area (Å²) >= 11 is 0. The summed E-state index contributed by atoms with van der Waals surface area (Å²) < 4.78 is 3.55. The minimum Gasteiger partial charge on any atom is -0.336 e. The Hall–Kier alpha value is -2.18. The lowest BCUT2D eigenvalue weighted by Gasteiger charge is -2.37. The Morgan fingerprint density at radius 1 is 1.41 bits per heavy atom. The molecule has 7 nitrogen and oxygen atoms in total. The van der Waals surface area contributed by atoms with Crippen LogP contribution in [0.25, 0.3) is 0 Å². The van der Waals surface area contributed by atoms with Gasteiger partial charge in [0.15, 0.2) is 0 Å². The van der Waals surface area contributed by atoms with E-state index in [1.165, 1.54) is 6.33 Å². The van der Waals surface area contributed by atoms with Gasteiger partial charge in [-0.15, -0.1) is 0 Å². The number of nitrogens with zero attached hydrogens (tertiary/aromatic N) is 6. The second-order valence-corrected chi connectivity index (χ2v) is 5.97. The number of aryl methyl sites for hydroxylation is 1. The highest BCUT2D eigenvalue weighted by Crippen LogP contribution is 2.22. The quantitative estimate of drug-likeness (QED) is 0.856. The molecule has 0 N–H and O–H groups in total. The molecule has 1 amide bonds. The van der Waals surface area contributed by atoms with Crippen LogP contribution in [0.5, 0.6) is 0 Å². The zero-order valence-electron chi connectivity index (χ0n) is 13.1. The molecule has 0 bridgehead atoms. The van der Waals surface area contributed by atoms with Crippen molar-refractivity contribution in [1.82, 2.24) is 29.4 Å². The molecule has 0 radical (unpaired) electrons. The van der Waals surface area contributed by atoms with E-state index in [0.717, 1.165) is 37.9 Å². The van der Waals surface area contributed by atoms with Crippen molar-refractivity contribution in [3.8, 4) is 0 Å². The smallest absolute Gasteiger partial charge is 0.247 e. The van der Waals surface area contributed by atoms with E-state index in [1.54, 1.807) is 11.0 Å². The number of hydrogen-bond acceptors (Lipinski definition) is 4. The van der Waals surface area contributed by atoms with E-state index in [-0.39, 0.29) is 18.0 Å². The summed E-state index contributed by atoms with van der Waals surface area (Å²) in [6.07, 6.45) is 10.2. The Bertz CT molecular complexity index is 620. The molecular weight excluding hydrogens is 280 g/mol. The van der Waals surface area contributed by atoms with Gasteiger partial charge in [-0.25, -0.2) is 9.67 Å². The van der Waals surface area contributed by atoms with Gasteiger partial charge in [0.25, 0.3) is 0 Å². The molecule has 0 aromatic carbocycles. The topological polar surface area (TPSA) is 68.8 Å². The average molecular weight is 302 g/mol. The summed E-state index contributed by atoms with van der Waals surface area (Å²) in [7, 11) is 0. The molecule has 1 saturated heterocycles. The first-order chi connectivity index (χ1) is 10.6. The second-order valence-electron chi connectivity index (χ2n) is 5.97. The molecule has 0 unspecified atom stereocenters. The molecule has 0 spiro atoms. The Labute approximate surface area is 129 Å². The number of piperidine rings is 1. The van der Waals surface area contributed by atoms with Gasteiger partial charge in [0.1, 0.15) is 18.7 Å². The van der Waals surface area contributed by atoms with E-state index < -0.39 is 0 Å². The Morgan fingerprint density at radius 2 is 2.27 bits per heavy atom. The number of likely N-dealkylation sites (tertiary alicyclic amines) is 1. The molecule has 0 saturated carbocycles. The van der Waals surface area contributed by atoms with E-state index in [4.69, 9.17) is 0 Å². The maximum absolute atomic E-state index is 12.8. The van der Waals surface area contributed by atoms with Crippen LogP contribution in [0, 0.1) is 6.92 Å². The fourth-order valence-corrected chi connectivity index (χ4v) is 3.03. The number of amides is 1. The standard InChI is InChI=1S/C15H22N6O/c1-12-7-17-19(8-12)9-14-5-3-4-6-20(14)15(22)13(2)21-11-16-10-18-21/h7-8,10-11,13-14H,3-6,9H2,1-2H3/t13-,14-/m1/s1. The van der Waals surface area contributed by atoms with Crippen LogP contribution in [-0.2, 0) is 11.3 Å². The third-order valence-electron chi connectivity index (χ3n) is 4.26. The van der Waals surface area contributed by atoms with Gasteiger partial charge < -0.3 is 4.90 Å². The monoisotopic (exact) mass is 302 g/mol. The van der Waals surface area contributed by atoms with Crippen LogP contribution in [0.4, 0.5) is 0 Å². The first kappa shape index (κ1) is 14.7. The number of rotatable bonds is 4. The molecule has 2 aromatic rings. The van der Waals surface area contributed by atoms with Crippen LogP contribution in [0.15, 0.2) is 25.0 Å². The van der Waals surface area contributed by atoms with Crippen molar-refractivity contribution < 1.29 is 4.79 Å². The molecule has 3 heterocycles. The van der Waals surface area contributed by atoms with Gasteiger partial charge in [0, 0.05) is 12.7 Å². The van der Waals surface area contributed by atoms with Crippen molar-refractivity contribution in [2.24, 2.45) is 0 Å². The van der Waals surface area contributed by atoms with Gasteiger partial charge in [-0.05, 0) is 38.7 Å². The van der Waals surface area contributed by atoms with E-state index in [9.17, 15) is 4.79 Å². The number of hydrogen-bond donors (Lipinski definition) is 0. The molecule has 2 atom stereocenters. The summed E-state index contributed by atoms with van der Waals surface area (Å²) in [5.41, 5.74) is 1.14. The highest BCUT2D eigenvalue weighted by molar-refractivity contribution is 5.80. The van der Waals surface area contributed by atoms with Crippen molar-refractivity contribution in [3.05, 3.63) is 30.6 Å². The molecule has 118 valence electrons. The number of carbonyl (C=O) groups excluding carboxylic acids is 1. The van der Waals surface area contributed by atoms with Gasteiger partial charge in [0.2, 0.25) is 5.91 Å². The molecule has 1 aliphatic heterocycles. The SMILES string of the molecule is Cc1cnn(C[C@H]2CCCCN2C(=O)[C@@H](C)n2cncn2)c1. The molecule has 22 heavy (non-hydrogen) atoms. The van der Waals surface area contributed by atoms with E-state index in [1.807, 2.05) is 35.8 Å². The molecule has 0 aliphatic carbocycles. The molecule has 2 aromatic heterocycles. The van der Waals surface area contributed by atoms with Gasteiger partial charge in [-0.1, -0.05) is 0 Å². The number of carbonyl (C=O) groups is 1. The third kappa shape index (κ3) is 3.03. The lowest BCUT2D eigenvalue weighted by atomic mass is 10.0. The summed E-state index contributed by atoms with van der Waals surface area (Å²) in [6, 6.07) is -0.117. The first-order valence-electron chi connectivity index (χ1n) is 7.79. The highest BCUT2D eigenvalue weighted by Gasteiger charge is 2.31. The van der Waals surface area contributed by atoms with Gasteiger partial charge in [-0.3, -0.25) is 9.48 Å². The molecule has 1 fully saturated rings. The summed E-state index contributed by atoms with van der Waals surface area (Å²) in [5.74, 6) is 0.110. The Kier molecular flexibility index (Phi) is 4.22. The van der Waals surface area contributed by atoms with E-state index >= 15 is 0 Å². The van der Waals surface area contributed by atoms with Gasteiger partial charge in [0.05, 0.1) is 18.8 Å². The Balaban J connectivity index is 1.73. The van der Waals surface area contributed by atoms with Crippen molar-refractivity contribution >= 4 is 5.91 Å². The Morgan fingerprint density at radius 3 is 2.95 bits per heavy atom. The molecule has 7 heteroatoms. The first-order valence-corrected chi connectivity index (χ1v) is 7.79. The summed E-state index contributed by atoms with van der Waals surface area (Å²) in [4.78, 5) is 18.7. The van der Waals surface area contributed by atoms with Crippen LogP contribution in [-0.4, -0.2) is 47.9 Å². The van der Waals surface area contributed by atoms with Crippen molar-refractivity contribution in [2.45, 2.75) is 51.7 Å². The minimum absolute atomic E-state index is 0.110. The highest BCUT2D eigenvalue weighted by atomic mass is 16.2. The normalized spacial score (nSPS) is 20.1. The fraction of sp³-hybridized carbons (Fsp3) is 0.600. The predicted molar refractivity (Wildman–Crippen MR) is 81.0 cm³/mol. The number of aromatic nitrogens is 5. The van der Waals surface area contributed by atoms with Crippen LogP contribution in [0.2, 0.25) is 0 Å². The zero-order valence-corrected chi connectivity index (χ0v) is 13.1. The zero-order chi connectivity index (χ0) is 15.5. The predicted octanol–water partition coefficient (Wildman–Crippen LogP) is 1.43. The lowest BCUT2D eigenvalue weighted by molar-refractivity contribution is -0.138. The van der Waals surface area contributed by atoms with E-state index in [2.05, 4.69) is 15.2 Å². The maximum atomic E-state index is 12.8. The van der Waals surface area contributed by atoms with Crippen LogP contribution in [0.1, 0.15) is 37.8 Å². The van der Waals surface area contributed by atoms with Gasteiger partial charge in [-0.2, -0.15) is 10.2 Å². The molecule has 3 rings (SSSR count). The molecular formula is C15H22N6O. The minimum atomic E-state index is -0.317. The van der Waals surface area contributed by atoms with Gasteiger partial charge >= 0.3 is 0 Å². The largest absolute Gasteiger partial charge is 0.336 e. The van der Waals surface area contributed by atoms with Crippen molar-refractivity contribution in [2.75, 3.05) is 6.54 Å².